The molecule has 0 saturated heterocycles. The van der Waals surface area contributed by atoms with E-state index in [1.807, 2.05) is 12.1 Å². The molecule has 0 unspecified atom stereocenters. The van der Waals surface area contributed by atoms with Crippen LogP contribution in [-0.4, -0.2) is 27.4 Å². The molecule has 0 amide bonds. The van der Waals surface area contributed by atoms with E-state index in [1.54, 1.807) is 14.2 Å². The molecule has 3 nitrogen and oxygen atoms in total. The fourth-order valence-electron chi connectivity index (χ4n) is 1.23. The van der Waals surface area contributed by atoms with Gasteiger partial charge in [-0.15, -0.1) is 0 Å². The number of methoxy groups -OCH3 is 2. The third kappa shape index (κ3) is 3.77. The first-order valence-electron chi connectivity index (χ1n) is 4.80. The lowest BCUT2D eigenvalue weighted by atomic mass is 10.2. The second-order valence-electron chi connectivity index (χ2n) is 3.12. The summed E-state index contributed by atoms with van der Waals surface area (Å²) >= 11 is 0. The van der Waals surface area contributed by atoms with Gasteiger partial charge in [0, 0.05) is 12.7 Å². The van der Waals surface area contributed by atoms with Crippen LogP contribution in [0.25, 0.3) is 0 Å². The van der Waals surface area contributed by atoms with Crippen molar-refractivity contribution in [2.24, 2.45) is 0 Å². The van der Waals surface area contributed by atoms with Gasteiger partial charge in [0.25, 0.3) is 0 Å². The molecule has 0 aliphatic rings. The van der Waals surface area contributed by atoms with E-state index in [0.717, 1.165) is 25.4 Å². The van der Waals surface area contributed by atoms with Crippen LogP contribution >= 0.6 is 0 Å². The van der Waals surface area contributed by atoms with E-state index in [1.165, 1.54) is 5.56 Å². The fraction of sp³-hybridized carbons (Fsp3) is 0.455. The quantitative estimate of drug-likeness (QED) is 0.669. The average molecular weight is 196 g/mol. The number of quaternary nitrogens is 1. The molecule has 0 heterocycles. The van der Waals surface area contributed by atoms with Crippen LogP contribution in [0, 0.1) is 0 Å². The van der Waals surface area contributed by atoms with Crippen LogP contribution in [0.4, 0.5) is 0 Å². The van der Waals surface area contributed by atoms with Crippen molar-refractivity contribution in [3.05, 3.63) is 29.8 Å². The molecule has 0 aliphatic heterocycles. The highest BCUT2D eigenvalue weighted by molar-refractivity contribution is 5.26. The van der Waals surface area contributed by atoms with E-state index >= 15 is 0 Å². The van der Waals surface area contributed by atoms with E-state index in [9.17, 15) is 0 Å². The van der Waals surface area contributed by atoms with Crippen molar-refractivity contribution in [3.63, 3.8) is 0 Å². The third-order valence-electron chi connectivity index (χ3n) is 2.07. The first-order valence-corrected chi connectivity index (χ1v) is 4.80. The summed E-state index contributed by atoms with van der Waals surface area (Å²) in [5.74, 6) is 0.908. The molecule has 78 valence electrons. The Balaban J connectivity index is 2.29. The van der Waals surface area contributed by atoms with Gasteiger partial charge in [-0.1, -0.05) is 0 Å². The smallest absolute Gasteiger partial charge is 0.118 e. The summed E-state index contributed by atoms with van der Waals surface area (Å²) in [5, 5.41) is 2.23. The standard InChI is InChI=1S/C11H17NO2/c1-13-8-7-12-9-10-3-5-11(14-2)6-4-10/h3-6,12H,7-9H2,1-2H3/p+1. The van der Waals surface area contributed by atoms with Crippen molar-refractivity contribution in [2.75, 3.05) is 27.4 Å². The fourth-order valence-corrected chi connectivity index (χ4v) is 1.23. The normalized spacial score (nSPS) is 10.1. The Bertz CT molecular complexity index is 246. The molecule has 1 aromatic carbocycles. The van der Waals surface area contributed by atoms with Gasteiger partial charge in [-0.05, 0) is 24.3 Å². The van der Waals surface area contributed by atoms with Crippen LogP contribution in [0.3, 0.4) is 0 Å². The van der Waals surface area contributed by atoms with Crippen LogP contribution in [0.15, 0.2) is 24.3 Å². The second-order valence-corrected chi connectivity index (χ2v) is 3.12. The van der Waals surface area contributed by atoms with Gasteiger partial charge in [-0.3, -0.25) is 0 Å². The van der Waals surface area contributed by atoms with Gasteiger partial charge in [0.2, 0.25) is 0 Å². The van der Waals surface area contributed by atoms with Gasteiger partial charge in [0.05, 0.1) is 20.3 Å². The molecule has 0 atom stereocenters. The molecule has 0 spiro atoms. The average Bonchev–Trinajstić information content (AvgIpc) is 2.25. The number of hydrogen-bond donors (Lipinski definition) is 1. The largest absolute Gasteiger partial charge is 0.497 e. The number of rotatable bonds is 6. The molecule has 1 aromatic rings. The molecule has 0 saturated carbocycles. The highest BCUT2D eigenvalue weighted by Gasteiger charge is 1.95. The Morgan fingerprint density at radius 1 is 1.14 bits per heavy atom. The number of ether oxygens (including phenoxy) is 2. The summed E-state index contributed by atoms with van der Waals surface area (Å²) in [6, 6.07) is 8.14. The maximum absolute atomic E-state index is 5.08. The molecule has 3 heteroatoms. The summed E-state index contributed by atoms with van der Waals surface area (Å²) < 4.78 is 10.0. The van der Waals surface area contributed by atoms with Crippen LogP contribution in [0.2, 0.25) is 0 Å². The van der Waals surface area contributed by atoms with Gasteiger partial charge < -0.3 is 14.8 Å². The Labute approximate surface area is 85.0 Å². The monoisotopic (exact) mass is 196 g/mol. The lowest BCUT2D eigenvalue weighted by Crippen LogP contribution is -2.83. The first kappa shape index (κ1) is 11.0. The maximum Gasteiger partial charge on any atom is 0.118 e. The lowest BCUT2D eigenvalue weighted by Gasteiger charge is -2.02. The van der Waals surface area contributed by atoms with E-state index in [4.69, 9.17) is 9.47 Å². The van der Waals surface area contributed by atoms with E-state index < -0.39 is 0 Å². The van der Waals surface area contributed by atoms with Crippen LogP contribution in [0.5, 0.6) is 5.75 Å². The lowest BCUT2D eigenvalue weighted by molar-refractivity contribution is -0.671. The van der Waals surface area contributed by atoms with Crippen LogP contribution in [0.1, 0.15) is 5.56 Å². The Hall–Kier alpha value is -1.06. The van der Waals surface area contributed by atoms with Crippen molar-refractivity contribution in [1.29, 1.82) is 0 Å². The summed E-state index contributed by atoms with van der Waals surface area (Å²) in [6.45, 7) is 2.80. The molecular weight excluding hydrogens is 178 g/mol. The first-order chi connectivity index (χ1) is 6.86. The molecule has 0 aliphatic carbocycles. The molecule has 0 radical (unpaired) electrons. The van der Waals surface area contributed by atoms with Crippen molar-refractivity contribution in [2.45, 2.75) is 6.54 Å². The van der Waals surface area contributed by atoms with Crippen LogP contribution < -0.4 is 10.1 Å². The zero-order chi connectivity index (χ0) is 10.2. The number of benzene rings is 1. The van der Waals surface area contributed by atoms with Gasteiger partial charge in [0.15, 0.2) is 0 Å². The molecule has 0 aromatic heterocycles. The summed E-state index contributed by atoms with van der Waals surface area (Å²) in [5.41, 5.74) is 1.31. The van der Waals surface area contributed by atoms with Gasteiger partial charge >= 0.3 is 0 Å². The number of hydrogen-bond acceptors (Lipinski definition) is 2. The predicted octanol–water partition coefficient (Wildman–Crippen LogP) is 0.405. The van der Waals surface area contributed by atoms with Crippen molar-refractivity contribution in [3.8, 4) is 5.75 Å². The predicted molar refractivity (Wildman–Crippen MR) is 55.4 cm³/mol. The zero-order valence-electron chi connectivity index (χ0n) is 8.82. The van der Waals surface area contributed by atoms with Crippen molar-refractivity contribution in [1.82, 2.24) is 0 Å². The molecule has 1 rings (SSSR count). The minimum absolute atomic E-state index is 0.802. The molecule has 0 fully saturated rings. The van der Waals surface area contributed by atoms with E-state index in [-0.39, 0.29) is 0 Å². The van der Waals surface area contributed by atoms with Gasteiger partial charge in [-0.25, -0.2) is 0 Å². The maximum atomic E-state index is 5.08. The molecule has 0 bridgehead atoms. The summed E-state index contributed by atoms with van der Waals surface area (Å²) in [4.78, 5) is 0. The van der Waals surface area contributed by atoms with Crippen molar-refractivity contribution < 1.29 is 14.8 Å². The summed E-state index contributed by atoms with van der Waals surface area (Å²) in [7, 11) is 3.40. The van der Waals surface area contributed by atoms with Gasteiger partial charge in [0.1, 0.15) is 12.3 Å². The highest BCUT2D eigenvalue weighted by Crippen LogP contribution is 2.09. The molecule has 2 N–H and O–H groups in total. The highest BCUT2D eigenvalue weighted by atomic mass is 16.5. The Morgan fingerprint density at radius 3 is 2.43 bits per heavy atom. The Kier molecular flexibility index (Phi) is 5.04. The molecule has 14 heavy (non-hydrogen) atoms. The Morgan fingerprint density at radius 2 is 1.86 bits per heavy atom. The number of nitrogens with two attached hydrogens (primary N) is 1. The zero-order valence-corrected chi connectivity index (χ0v) is 8.82. The third-order valence-corrected chi connectivity index (χ3v) is 2.07. The minimum atomic E-state index is 0.802. The minimum Gasteiger partial charge on any atom is -0.497 e. The van der Waals surface area contributed by atoms with E-state index in [0.29, 0.717) is 0 Å². The van der Waals surface area contributed by atoms with Gasteiger partial charge in [-0.2, -0.15) is 0 Å². The van der Waals surface area contributed by atoms with E-state index in [2.05, 4.69) is 17.4 Å². The molecular formula is C11H18NO2+. The SMILES string of the molecule is COCC[NH2+]Cc1ccc(OC)cc1. The van der Waals surface area contributed by atoms with Crippen molar-refractivity contribution >= 4 is 0 Å². The summed E-state index contributed by atoms with van der Waals surface area (Å²) in [6.07, 6.45) is 0. The topological polar surface area (TPSA) is 35.1 Å². The van der Waals surface area contributed by atoms with Crippen LogP contribution in [-0.2, 0) is 11.3 Å². The second kappa shape index (κ2) is 6.40.